The lowest BCUT2D eigenvalue weighted by molar-refractivity contribution is -0.140. The summed E-state index contributed by atoms with van der Waals surface area (Å²) in [6.45, 7) is -2.37. The minimum atomic E-state index is -4.53. The Balaban J connectivity index is 1.59. The number of carboxylic acids is 1. The van der Waals surface area contributed by atoms with Gasteiger partial charge in [-0.25, -0.2) is 26.0 Å². The van der Waals surface area contributed by atoms with Crippen molar-refractivity contribution in [2.75, 3.05) is 39.3 Å². The summed E-state index contributed by atoms with van der Waals surface area (Å²) in [5.74, 6) is -15.2. The molecule has 1 amide bonds. The lowest BCUT2D eigenvalue weighted by Crippen LogP contribution is -2.53. The van der Waals surface area contributed by atoms with Gasteiger partial charge in [-0.2, -0.15) is 13.1 Å². The van der Waals surface area contributed by atoms with Crippen molar-refractivity contribution in [3.63, 3.8) is 0 Å². The van der Waals surface area contributed by atoms with Gasteiger partial charge in [0.2, 0.25) is 27.6 Å². The lowest BCUT2D eigenvalue weighted by atomic mass is 10.1. The molecule has 0 bridgehead atoms. The molecule has 1 aliphatic heterocycles. The molecular formula is C23H21F6N3O7S. The molecule has 0 radical (unpaired) electrons. The van der Waals surface area contributed by atoms with E-state index in [0.29, 0.717) is 0 Å². The molecule has 1 aliphatic rings. The second kappa shape index (κ2) is 12.6. The van der Waals surface area contributed by atoms with Gasteiger partial charge in [0, 0.05) is 32.2 Å². The topological polar surface area (TPSA) is 133 Å². The number of Topliss-reactive ketones (excluding diaryl/α,β-unsaturated/α-hetero) is 1. The van der Waals surface area contributed by atoms with Crippen molar-refractivity contribution in [3.8, 4) is 5.75 Å². The standard InChI is InChI=1S/C23H21F6N3O7S/c24-12-2-1-3-13(25)23(12)40(37,38)32-6-4-31(5-7-32)10-18(34)30-16(9-19(35)36)17(33)11-39-22-20(28)14(26)8-15(27)21(22)29/h1-3,8,16H,4-7,9-11H2,(H,30,34)(H,35,36)/t16-/m0/s1. The zero-order valence-electron chi connectivity index (χ0n) is 20.3. The Labute approximate surface area is 223 Å². The van der Waals surface area contributed by atoms with E-state index in [1.165, 1.54) is 4.90 Å². The minimum absolute atomic E-state index is 0.0763. The number of halogens is 6. The molecule has 2 aromatic carbocycles. The average molecular weight is 597 g/mol. The molecule has 0 unspecified atom stereocenters. The number of benzene rings is 2. The number of hydrogen-bond acceptors (Lipinski definition) is 7. The van der Waals surface area contributed by atoms with Gasteiger partial charge in [0.05, 0.1) is 13.0 Å². The van der Waals surface area contributed by atoms with Crippen molar-refractivity contribution in [2.45, 2.75) is 17.4 Å². The zero-order chi connectivity index (χ0) is 29.8. The Morgan fingerprint density at radius 1 is 0.925 bits per heavy atom. The van der Waals surface area contributed by atoms with Crippen molar-refractivity contribution in [3.05, 3.63) is 59.2 Å². The molecule has 40 heavy (non-hydrogen) atoms. The monoisotopic (exact) mass is 597 g/mol. The van der Waals surface area contributed by atoms with Crippen molar-refractivity contribution in [1.29, 1.82) is 0 Å². The summed E-state index contributed by atoms with van der Waals surface area (Å²) in [4.78, 5) is 36.4. The number of aliphatic carboxylic acids is 1. The van der Waals surface area contributed by atoms with Gasteiger partial charge in [0.1, 0.15) is 24.3 Å². The molecule has 3 rings (SSSR count). The summed E-state index contributed by atoms with van der Waals surface area (Å²) in [5.41, 5.74) is 0. The van der Waals surface area contributed by atoms with Crippen LogP contribution < -0.4 is 10.1 Å². The number of piperazine rings is 1. The number of amides is 1. The Morgan fingerprint density at radius 3 is 2.00 bits per heavy atom. The predicted octanol–water partition coefficient (Wildman–Crippen LogP) is 1.44. The molecule has 0 aliphatic carbocycles. The lowest BCUT2D eigenvalue weighted by Gasteiger charge is -2.33. The van der Waals surface area contributed by atoms with E-state index in [0.717, 1.165) is 22.5 Å². The molecule has 0 saturated carbocycles. The normalized spacial score (nSPS) is 15.4. The number of hydrogen-bond donors (Lipinski definition) is 2. The van der Waals surface area contributed by atoms with E-state index in [1.807, 2.05) is 0 Å². The number of carboxylic acid groups (broad SMARTS) is 1. The molecule has 1 atom stereocenters. The van der Waals surface area contributed by atoms with Gasteiger partial charge in [-0.05, 0) is 12.1 Å². The largest absolute Gasteiger partial charge is 0.481 e. The Bertz CT molecular complexity index is 1370. The number of carbonyl (C=O) groups is 3. The minimum Gasteiger partial charge on any atom is -0.481 e. The van der Waals surface area contributed by atoms with Crippen LogP contribution in [0.1, 0.15) is 6.42 Å². The first-order valence-corrected chi connectivity index (χ1v) is 12.8. The van der Waals surface area contributed by atoms with E-state index in [9.17, 15) is 49.1 Å². The molecule has 17 heteroatoms. The molecule has 1 heterocycles. The van der Waals surface area contributed by atoms with Crippen LogP contribution in [-0.2, 0) is 24.4 Å². The summed E-state index contributed by atoms with van der Waals surface area (Å²) in [5, 5.41) is 11.2. The van der Waals surface area contributed by atoms with Crippen molar-refractivity contribution in [1.82, 2.24) is 14.5 Å². The van der Waals surface area contributed by atoms with E-state index in [-0.39, 0.29) is 32.2 Å². The summed E-state index contributed by atoms with van der Waals surface area (Å²) < 4.78 is 113. The van der Waals surface area contributed by atoms with Gasteiger partial charge >= 0.3 is 5.97 Å². The maximum Gasteiger partial charge on any atom is 0.305 e. The Hall–Kier alpha value is -3.70. The van der Waals surface area contributed by atoms with Gasteiger partial charge in [0.15, 0.2) is 28.1 Å². The third-order valence-electron chi connectivity index (χ3n) is 5.75. The van der Waals surface area contributed by atoms with Gasteiger partial charge in [-0.15, -0.1) is 0 Å². The first kappa shape index (κ1) is 30.8. The van der Waals surface area contributed by atoms with Crippen LogP contribution in [0.2, 0.25) is 0 Å². The number of nitrogens with one attached hydrogen (secondary N) is 1. The summed E-state index contributed by atoms with van der Waals surface area (Å²) in [6.07, 6.45) is -0.976. The first-order valence-electron chi connectivity index (χ1n) is 11.4. The van der Waals surface area contributed by atoms with Crippen molar-refractivity contribution < 1.29 is 59.0 Å². The van der Waals surface area contributed by atoms with Crippen molar-refractivity contribution in [2.24, 2.45) is 0 Å². The van der Waals surface area contributed by atoms with Crippen LogP contribution in [0.5, 0.6) is 5.75 Å². The Morgan fingerprint density at radius 2 is 1.48 bits per heavy atom. The number of sulfonamides is 1. The highest BCUT2D eigenvalue weighted by Crippen LogP contribution is 2.27. The summed E-state index contributed by atoms with van der Waals surface area (Å²) in [7, 11) is -4.53. The third kappa shape index (κ3) is 7.08. The molecule has 2 aromatic rings. The van der Waals surface area contributed by atoms with E-state index in [2.05, 4.69) is 10.1 Å². The second-order valence-electron chi connectivity index (χ2n) is 8.50. The Kier molecular flexibility index (Phi) is 9.75. The number of carbonyl (C=O) groups excluding carboxylic acids is 2. The predicted molar refractivity (Wildman–Crippen MR) is 123 cm³/mol. The fourth-order valence-corrected chi connectivity index (χ4v) is 5.30. The van der Waals surface area contributed by atoms with E-state index in [1.54, 1.807) is 0 Å². The highest BCUT2D eigenvalue weighted by Gasteiger charge is 2.34. The zero-order valence-corrected chi connectivity index (χ0v) is 21.1. The SMILES string of the molecule is O=C(O)C[C@H](NC(=O)CN1CCN(S(=O)(=O)c2c(F)cccc2F)CC1)C(=O)COc1c(F)c(F)cc(F)c1F. The fraction of sp³-hybridized carbons (Fsp3) is 0.348. The number of rotatable bonds is 11. The fourth-order valence-electron chi connectivity index (χ4n) is 3.77. The smallest absolute Gasteiger partial charge is 0.305 e. The average Bonchev–Trinajstić information content (AvgIpc) is 2.86. The van der Waals surface area contributed by atoms with Gasteiger partial charge in [-0.3, -0.25) is 19.3 Å². The van der Waals surface area contributed by atoms with Crippen LogP contribution in [0.4, 0.5) is 26.3 Å². The molecule has 1 fully saturated rings. The number of nitrogens with zero attached hydrogens (tertiary/aromatic N) is 2. The maximum atomic E-state index is 14.0. The number of ether oxygens (including phenoxy) is 1. The molecule has 0 spiro atoms. The highest BCUT2D eigenvalue weighted by atomic mass is 32.2. The molecule has 2 N–H and O–H groups in total. The van der Waals surface area contributed by atoms with Crippen LogP contribution in [0.3, 0.4) is 0 Å². The first-order chi connectivity index (χ1) is 18.7. The molecule has 0 aromatic heterocycles. The number of ketones is 1. The highest BCUT2D eigenvalue weighted by molar-refractivity contribution is 7.89. The van der Waals surface area contributed by atoms with Gasteiger partial charge in [0.25, 0.3) is 0 Å². The van der Waals surface area contributed by atoms with Crippen LogP contribution >= 0.6 is 0 Å². The van der Waals surface area contributed by atoms with Crippen LogP contribution in [0.15, 0.2) is 29.2 Å². The van der Waals surface area contributed by atoms with Crippen molar-refractivity contribution >= 4 is 27.7 Å². The van der Waals surface area contributed by atoms with E-state index >= 15 is 0 Å². The van der Waals surface area contributed by atoms with E-state index in [4.69, 9.17) is 5.11 Å². The van der Waals surface area contributed by atoms with Crippen LogP contribution in [-0.4, -0.2) is 85.8 Å². The molecule has 10 nitrogen and oxygen atoms in total. The molecular weight excluding hydrogens is 576 g/mol. The maximum absolute atomic E-state index is 14.0. The second-order valence-corrected chi connectivity index (χ2v) is 10.4. The third-order valence-corrected chi connectivity index (χ3v) is 7.70. The molecule has 1 saturated heterocycles. The molecule has 218 valence electrons. The van der Waals surface area contributed by atoms with E-state index < -0.39 is 98.8 Å². The summed E-state index contributed by atoms with van der Waals surface area (Å²) in [6, 6.07) is 0.743. The van der Waals surface area contributed by atoms with Crippen LogP contribution in [0, 0.1) is 34.9 Å². The summed E-state index contributed by atoms with van der Waals surface area (Å²) >= 11 is 0. The van der Waals surface area contributed by atoms with Gasteiger partial charge < -0.3 is 15.2 Å². The quantitative estimate of drug-likeness (QED) is 0.294. The van der Waals surface area contributed by atoms with Gasteiger partial charge in [-0.1, -0.05) is 6.07 Å². The van der Waals surface area contributed by atoms with Crippen LogP contribution in [0.25, 0.3) is 0 Å².